The molecule has 5 nitrogen and oxygen atoms in total. The van der Waals surface area contributed by atoms with Crippen molar-refractivity contribution in [2.75, 3.05) is 5.32 Å². The zero-order valence-corrected chi connectivity index (χ0v) is 8.65. The van der Waals surface area contributed by atoms with Crippen LogP contribution in [-0.2, 0) is 9.59 Å². The van der Waals surface area contributed by atoms with Gasteiger partial charge < -0.3 is 10.6 Å². The molecule has 80 valence electrons. The summed E-state index contributed by atoms with van der Waals surface area (Å²) in [7, 11) is 0. The molecule has 1 aromatic rings. The number of carbonyl (C=O) groups is 2. The molecule has 0 aromatic carbocycles. The molecule has 0 aliphatic heterocycles. The van der Waals surface area contributed by atoms with Crippen molar-refractivity contribution in [3.05, 3.63) is 24.4 Å². The number of nitrogens with one attached hydrogen (secondary N) is 2. The Balaban J connectivity index is 2.52. The number of anilines is 1. The van der Waals surface area contributed by atoms with Crippen molar-refractivity contribution in [1.29, 1.82) is 0 Å². The van der Waals surface area contributed by atoms with Crippen molar-refractivity contribution < 1.29 is 9.59 Å². The standard InChI is InChI=1S/C10H13N3O2/c1-7(12-8(2)14)10(15)13-9-5-3-4-6-11-9/h3-7H,1-2H3,(H,12,14)(H,11,13,15)/t7-/m1/s1. The van der Waals surface area contributed by atoms with Crippen LogP contribution in [0.2, 0.25) is 0 Å². The normalized spacial score (nSPS) is 11.6. The van der Waals surface area contributed by atoms with Crippen LogP contribution in [-0.4, -0.2) is 22.8 Å². The lowest BCUT2D eigenvalue weighted by Crippen LogP contribution is -2.40. The van der Waals surface area contributed by atoms with Crippen LogP contribution >= 0.6 is 0 Å². The van der Waals surface area contributed by atoms with Crippen molar-refractivity contribution in [3.8, 4) is 0 Å². The maximum Gasteiger partial charge on any atom is 0.247 e. The average molecular weight is 207 g/mol. The molecule has 0 saturated carbocycles. The average Bonchev–Trinajstić information content (AvgIpc) is 2.18. The van der Waals surface area contributed by atoms with Crippen LogP contribution in [0.15, 0.2) is 24.4 Å². The van der Waals surface area contributed by atoms with Crippen molar-refractivity contribution >= 4 is 17.6 Å². The number of hydrogen-bond acceptors (Lipinski definition) is 3. The van der Waals surface area contributed by atoms with Gasteiger partial charge in [-0.15, -0.1) is 0 Å². The highest BCUT2D eigenvalue weighted by Gasteiger charge is 2.13. The Labute approximate surface area is 87.9 Å². The Hall–Kier alpha value is -1.91. The van der Waals surface area contributed by atoms with E-state index in [9.17, 15) is 9.59 Å². The summed E-state index contributed by atoms with van der Waals surface area (Å²) in [4.78, 5) is 26.1. The van der Waals surface area contributed by atoms with E-state index in [0.717, 1.165) is 0 Å². The molecule has 0 aliphatic carbocycles. The van der Waals surface area contributed by atoms with Gasteiger partial charge in [0.15, 0.2) is 0 Å². The van der Waals surface area contributed by atoms with Gasteiger partial charge >= 0.3 is 0 Å². The van der Waals surface area contributed by atoms with E-state index in [1.165, 1.54) is 6.92 Å². The van der Waals surface area contributed by atoms with Gasteiger partial charge in [0, 0.05) is 13.1 Å². The Morgan fingerprint density at radius 1 is 1.40 bits per heavy atom. The van der Waals surface area contributed by atoms with E-state index in [-0.39, 0.29) is 11.8 Å². The lowest BCUT2D eigenvalue weighted by Gasteiger charge is -2.11. The zero-order valence-electron chi connectivity index (χ0n) is 8.65. The Morgan fingerprint density at radius 2 is 2.13 bits per heavy atom. The minimum Gasteiger partial charge on any atom is -0.345 e. The van der Waals surface area contributed by atoms with E-state index >= 15 is 0 Å². The van der Waals surface area contributed by atoms with Crippen molar-refractivity contribution in [2.24, 2.45) is 0 Å². The van der Waals surface area contributed by atoms with Crippen molar-refractivity contribution in [1.82, 2.24) is 10.3 Å². The van der Waals surface area contributed by atoms with Crippen LogP contribution in [0, 0.1) is 0 Å². The first-order valence-corrected chi connectivity index (χ1v) is 4.58. The van der Waals surface area contributed by atoms with Crippen LogP contribution < -0.4 is 10.6 Å². The van der Waals surface area contributed by atoms with Crippen molar-refractivity contribution in [3.63, 3.8) is 0 Å². The Morgan fingerprint density at radius 3 is 2.67 bits per heavy atom. The summed E-state index contributed by atoms with van der Waals surface area (Å²) in [6.07, 6.45) is 1.58. The van der Waals surface area contributed by atoms with Crippen molar-refractivity contribution in [2.45, 2.75) is 19.9 Å². The van der Waals surface area contributed by atoms with Gasteiger partial charge in [0.2, 0.25) is 11.8 Å². The molecule has 1 rings (SSSR count). The van der Waals surface area contributed by atoms with Gasteiger partial charge in [0.25, 0.3) is 0 Å². The predicted molar refractivity (Wildman–Crippen MR) is 56.1 cm³/mol. The molecule has 0 unspecified atom stereocenters. The van der Waals surface area contributed by atoms with E-state index in [1.54, 1.807) is 31.3 Å². The number of aromatic nitrogens is 1. The third-order valence-corrected chi connectivity index (χ3v) is 1.73. The summed E-state index contributed by atoms with van der Waals surface area (Å²) >= 11 is 0. The maximum absolute atomic E-state index is 11.5. The molecule has 0 aliphatic rings. The topological polar surface area (TPSA) is 71.1 Å². The summed E-state index contributed by atoms with van der Waals surface area (Å²) in [6, 6.07) is 4.64. The van der Waals surface area contributed by atoms with Gasteiger partial charge in [-0.1, -0.05) is 6.07 Å². The first-order chi connectivity index (χ1) is 7.09. The van der Waals surface area contributed by atoms with E-state index in [4.69, 9.17) is 0 Å². The highest BCUT2D eigenvalue weighted by Crippen LogP contribution is 2.00. The molecule has 2 N–H and O–H groups in total. The summed E-state index contributed by atoms with van der Waals surface area (Å²) in [5, 5.41) is 5.07. The third kappa shape index (κ3) is 3.76. The second-order valence-electron chi connectivity index (χ2n) is 3.13. The molecule has 2 amide bonds. The van der Waals surface area contributed by atoms with Crippen LogP contribution in [0.4, 0.5) is 5.82 Å². The molecule has 0 fully saturated rings. The predicted octanol–water partition coefficient (Wildman–Crippen LogP) is 0.545. The quantitative estimate of drug-likeness (QED) is 0.760. The van der Waals surface area contributed by atoms with E-state index in [0.29, 0.717) is 5.82 Å². The highest BCUT2D eigenvalue weighted by atomic mass is 16.2. The summed E-state index contributed by atoms with van der Waals surface area (Å²) in [5.74, 6) is -0.0535. The van der Waals surface area contributed by atoms with E-state index in [2.05, 4.69) is 15.6 Å². The molecule has 1 atom stereocenters. The van der Waals surface area contributed by atoms with E-state index in [1.807, 2.05) is 0 Å². The minimum absolute atomic E-state index is 0.237. The SMILES string of the molecule is CC(=O)N[C@H](C)C(=O)Nc1ccccn1. The second kappa shape index (κ2) is 5.09. The Bertz CT molecular complexity index is 351. The number of pyridine rings is 1. The first-order valence-electron chi connectivity index (χ1n) is 4.58. The second-order valence-corrected chi connectivity index (χ2v) is 3.13. The van der Waals surface area contributed by atoms with Gasteiger partial charge in [0.1, 0.15) is 11.9 Å². The molecule has 0 saturated heterocycles. The monoisotopic (exact) mass is 207 g/mol. The largest absolute Gasteiger partial charge is 0.345 e. The number of nitrogens with zero attached hydrogens (tertiary/aromatic N) is 1. The molecule has 0 spiro atoms. The number of hydrogen-bond donors (Lipinski definition) is 2. The van der Waals surface area contributed by atoms with Crippen LogP contribution in [0.3, 0.4) is 0 Å². The van der Waals surface area contributed by atoms with Gasteiger partial charge in [-0.3, -0.25) is 9.59 Å². The summed E-state index contributed by atoms with van der Waals surface area (Å²) in [6.45, 7) is 2.98. The number of amides is 2. The van der Waals surface area contributed by atoms with Gasteiger partial charge in [-0.25, -0.2) is 4.98 Å². The lowest BCUT2D eigenvalue weighted by molar-refractivity contribution is -0.124. The third-order valence-electron chi connectivity index (χ3n) is 1.73. The fourth-order valence-electron chi connectivity index (χ4n) is 1.04. The summed E-state index contributed by atoms with van der Waals surface area (Å²) in [5.41, 5.74) is 0. The zero-order chi connectivity index (χ0) is 11.3. The first kappa shape index (κ1) is 11.2. The smallest absolute Gasteiger partial charge is 0.247 e. The summed E-state index contributed by atoms with van der Waals surface area (Å²) < 4.78 is 0. The molecule has 5 heteroatoms. The van der Waals surface area contributed by atoms with Crippen LogP contribution in [0.5, 0.6) is 0 Å². The number of carbonyl (C=O) groups excluding carboxylic acids is 2. The number of rotatable bonds is 3. The Kier molecular flexibility index (Phi) is 3.79. The highest BCUT2D eigenvalue weighted by molar-refractivity contribution is 5.95. The molecule has 15 heavy (non-hydrogen) atoms. The van der Waals surface area contributed by atoms with E-state index < -0.39 is 6.04 Å². The van der Waals surface area contributed by atoms with Crippen LogP contribution in [0.1, 0.15) is 13.8 Å². The molecule has 0 bridgehead atoms. The fraction of sp³-hybridized carbons (Fsp3) is 0.300. The molecular formula is C10H13N3O2. The van der Waals surface area contributed by atoms with Gasteiger partial charge in [-0.05, 0) is 19.1 Å². The molecular weight excluding hydrogens is 194 g/mol. The minimum atomic E-state index is -0.565. The maximum atomic E-state index is 11.5. The lowest BCUT2D eigenvalue weighted by atomic mass is 10.3. The fourth-order valence-corrected chi connectivity index (χ4v) is 1.04. The molecule has 0 radical (unpaired) electrons. The molecule has 1 heterocycles. The van der Waals surface area contributed by atoms with Crippen LogP contribution in [0.25, 0.3) is 0 Å². The van der Waals surface area contributed by atoms with Gasteiger partial charge in [-0.2, -0.15) is 0 Å². The molecule has 1 aromatic heterocycles. The van der Waals surface area contributed by atoms with Gasteiger partial charge in [0.05, 0.1) is 0 Å².